The third-order valence-electron chi connectivity index (χ3n) is 8.23. The van der Waals surface area contributed by atoms with Gasteiger partial charge in [-0.15, -0.1) is 11.8 Å². The van der Waals surface area contributed by atoms with Gasteiger partial charge in [-0.3, -0.25) is 24.1 Å². The Labute approximate surface area is 213 Å². The average molecular weight is 533 g/mol. The van der Waals surface area contributed by atoms with Crippen molar-refractivity contribution in [2.45, 2.75) is 29.0 Å². The number of amides is 2. The van der Waals surface area contributed by atoms with E-state index in [9.17, 15) is 24.3 Å². The summed E-state index contributed by atoms with van der Waals surface area (Å²) >= 11 is 2.71. The van der Waals surface area contributed by atoms with E-state index in [1.54, 1.807) is 23.9 Å². The van der Waals surface area contributed by atoms with E-state index in [1.807, 2.05) is 0 Å². The quantitative estimate of drug-likeness (QED) is 0.476. The number of thiazole rings is 1. The van der Waals surface area contributed by atoms with Gasteiger partial charge in [-0.25, -0.2) is 0 Å². The molecule has 3 fully saturated rings. The van der Waals surface area contributed by atoms with Crippen LogP contribution in [0.25, 0.3) is 0 Å². The second kappa shape index (κ2) is 8.27. The Morgan fingerprint density at radius 2 is 1.75 bits per heavy atom. The summed E-state index contributed by atoms with van der Waals surface area (Å²) in [5, 5.41) is 20.3. The number of carboxylic acid groups (broad SMARTS) is 1. The fourth-order valence-electron chi connectivity index (χ4n) is 6.97. The van der Waals surface area contributed by atoms with Crippen molar-refractivity contribution in [3.8, 4) is 17.2 Å². The molecule has 190 valence electrons. The molecule has 2 bridgehead atoms. The van der Waals surface area contributed by atoms with Crippen LogP contribution >= 0.6 is 23.1 Å². The predicted molar refractivity (Wildman–Crippen MR) is 129 cm³/mol. The number of fused-ring (bicyclic) bond motifs is 9. The van der Waals surface area contributed by atoms with Crippen LogP contribution in [0.5, 0.6) is 17.2 Å². The van der Waals surface area contributed by atoms with Crippen LogP contribution in [0.15, 0.2) is 22.0 Å². The first kappa shape index (κ1) is 23.4. The molecule has 10 nitrogen and oxygen atoms in total. The van der Waals surface area contributed by atoms with E-state index in [4.69, 9.17) is 14.6 Å². The molecule has 3 heterocycles. The number of hydrogen-bond acceptors (Lipinski definition) is 9. The zero-order valence-electron chi connectivity index (χ0n) is 19.4. The minimum atomic E-state index is -1.05. The minimum absolute atomic E-state index is 0.000895. The Balaban J connectivity index is 1.45. The lowest BCUT2D eigenvalue weighted by Gasteiger charge is -2.43. The summed E-state index contributed by atoms with van der Waals surface area (Å²) in [6.45, 7) is -0.113. The fraction of sp³-hybridized carbons (Fsp3) is 0.500. The van der Waals surface area contributed by atoms with Crippen molar-refractivity contribution >= 4 is 40.9 Å². The van der Waals surface area contributed by atoms with E-state index >= 15 is 0 Å². The normalized spacial score (nSPS) is 31.8. The van der Waals surface area contributed by atoms with E-state index in [-0.39, 0.29) is 75.8 Å². The standard InChI is InChI=1S/C24H24N2O8S2/c1-33-11-5-8(6-12(34-2)18(11)29)14-15-9-7-10(19(15)35-21-20(14)36-24(32)25-21)17-16(9)22(30)26(23(17)31)4-3-13(27)28/h5-6,9-10,14-17,19,29H,3-4,7H2,1-2H3,(H,25,32)(H,27,28)/t9-,10+,14-,15+,16+,17-,19-/m1/s1. The van der Waals surface area contributed by atoms with Crippen molar-refractivity contribution in [2.24, 2.45) is 29.6 Å². The maximum absolute atomic E-state index is 13.4. The largest absolute Gasteiger partial charge is 0.502 e. The molecule has 2 aromatic rings. The van der Waals surface area contributed by atoms with Crippen molar-refractivity contribution in [3.05, 3.63) is 32.2 Å². The number of ether oxygens (including phenoxy) is 2. The lowest BCUT2D eigenvalue weighted by molar-refractivity contribution is -0.142. The van der Waals surface area contributed by atoms with Gasteiger partial charge in [-0.1, -0.05) is 11.3 Å². The number of nitrogens with one attached hydrogen (secondary N) is 1. The van der Waals surface area contributed by atoms with Crippen molar-refractivity contribution in [3.63, 3.8) is 0 Å². The van der Waals surface area contributed by atoms with Crippen LogP contribution in [0.3, 0.4) is 0 Å². The number of carbonyl (C=O) groups excluding carboxylic acids is 2. The number of phenols is 1. The molecule has 3 N–H and O–H groups in total. The van der Waals surface area contributed by atoms with Crippen molar-refractivity contribution in [1.29, 1.82) is 0 Å². The third kappa shape index (κ3) is 3.16. The number of aromatic amines is 1. The lowest BCUT2D eigenvalue weighted by atomic mass is 9.68. The minimum Gasteiger partial charge on any atom is -0.502 e. The summed E-state index contributed by atoms with van der Waals surface area (Å²) in [5.41, 5.74) is 0.803. The molecule has 1 saturated heterocycles. The van der Waals surface area contributed by atoms with Gasteiger partial charge in [0, 0.05) is 22.6 Å². The van der Waals surface area contributed by atoms with Crippen LogP contribution in [0.1, 0.15) is 29.2 Å². The molecule has 1 aromatic heterocycles. The molecule has 0 radical (unpaired) electrons. The number of aromatic nitrogens is 1. The number of phenolic OH excluding ortho intramolecular Hbond substituents is 1. The van der Waals surface area contributed by atoms with Gasteiger partial charge >= 0.3 is 10.8 Å². The van der Waals surface area contributed by atoms with Crippen LogP contribution < -0.4 is 14.3 Å². The summed E-state index contributed by atoms with van der Waals surface area (Å²) < 4.78 is 10.8. The highest BCUT2D eigenvalue weighted by atomic mass is 32.2. The van der Waals surface area contributed by atoms with Crippen molar-refractivity contribution in [2.75, 3.05) is 20.8 Å². The van der Waals surface area contributed by atoms with E-state index in [2.05, 4.69) is 4.98 Å². The highest BCUT2D eigenvalue weighted by molar-refractivity contribution is 8.00. The van der Waals surface area contributed by atoms with Gasteiger partial charge in [0.25, 0.3) is 0 Å². The Morgan fingerprint density at radius 3 is 2.36 bits per heavy atom. The maximum Gasteiger partial charge on any atom is 0.305 e. The zero-order chi connectivity index (χ0) is 25.5. The van der Waals surface area contributed by atoms with Crippen molar-refractivity contribution in [1.82, 2.24) is 9.88 Å². The van der Waals surface area contributed by atoms with E-state index < -0.39 is 17.8 Å². The topological polar surface area (TPSA) is 146 Å². The Bertz CT molecular complexity index is 1330. The van der Waals surface area contributed by atoms with Gasteiger partial charge in [0.1, 0.15) is 0 Å². The lowest BCUT2D eigenvalue weighted by Crippen LogP contribution is -2.42. The summed E-state index contributed by atoms with van der Waals surface area (Å²) in [6, 6.07) is 3.49. The van der Waals surface area contributed by atoms with Gasteiger partial charge in [0.2, 0.25) is 17.6 Å². The SMILES string of the molecule is COc1cc([C@H]2c3sc(=O)[nH]c3S[C@@H]3[C@H]4C[C@@H]([C@@H]5C(=O)N(CCC(=O)O)C(=O)[C@H]45)[C@@H]23)cc(OC)c1O. The molecule has 36 heavy (non-hydrogen) atoms. The summed E-state index contributed by atoms with van der Waals surface area (Å²) in [6.07, 6.45) is 0.450. The number of methoxy groups -OCH3 is 2. The molecule has 2 saturated carbocycles. The second-order valence-corrected chi connectivity index (χ2v) is 11.9. The third-order valence-corrected chi connectivity index (χ3v) is 10.8. The second-order valence-electron chi connectivity index (χ2n) is 9.71. The summed E-state index contributed by atoms with van der Waals surface area (Å²) in [4.78, 5) is 54.9. The molecule has 2 amide bonds. The van der Waals surface area contributed by atoms with Gasteiger partial charge < -0.3 is 24.7 Å². The van der Waals surface area contributed by atoms with Gasteiger partial charge in [0.15, 0.2) is 11.5 Å². The number of aromatic hydroxyl groups is 1. The summed E-state index contributed by atoms with van der Waals surface area (Å²) in [7, 11) is 2.91. The van der Waals surface area contributed by atoms with Gasteiger partial charge in [-0.05, 0) is 41.9 Å². The van der Waals surface area contributed by atoms with Crippen LogP contribution in [0.4, 0.5) is 0 Å². The molecule has 12 heteroatoms. The zero-order valence-corrected chi connectivity index (χ0v) is 21.1. The fourth-order valence-corrected chi connectivity index (χ4v) is 9.86. The number of nitrogens with zero attached hydrogens (tertiary/aromatic N) is 1. The average Bonchev–Trinajstić information content (AvgIpc) is 3.57. The number of carboxylic acids is 1. The Kier molecular flexibility index (Phi) is 5.38. The monoisotopic (exact) mass is 532 g/mol. The Morgan fingerprint density at radius 1 is 1.11 bits per heavy atom. The van der Waals surface area contributed by atoms with Crippen LogP contribution in [-0.2, 0) is 14.4 Å². The number of rotatable bonds is 6. The number of imide groups is 1. The Hall–Kier alpha value is -2.99. The number of thioether (sulfide) groups is 1. The van der Waals surface area contributed by atoms with Gasteiger partial charge in [0.05, 0.1) is 37.5 Å². The number of carbonyl (C=O) groups is 3. The first-order valence-corrected chi connectivity index (χ1v) is 13.4. The first-order chi connectivity index (χ1) is 17.2. The summed E-state index contributed by atoms with van der Waals surface area (Å²) in [5.74, 6) is -2.61. The number of likely N-dealkylation sites (tertiary alicyclic amines) is 1. The van der Waals surface area contributed by atoms with E-state index in [0.717, 1.165) is 38.1 Å². The molecule has 1 aromatic carbocycles. The molecule has 7 atom stereocenters. The smallest absolute Gasteiger partial charge is 0.305 e. The predicted octanol–water partition coefficient (Wildman–Crippen LogP) is 2.11. The molecule has 0 spiro atoms. The molecule has 6 rings (SSSR count). The van der Waals surface area contributed by atoms with Crippen LogP contribution in [0, 0.1) is 29.6 Å². The van der Waals surface area contributed by atoms with E-state index in [0.29, 0.717) is 0 Å². The highest BCUT2D eigenvalue weighted by Crippen LogP contribution is 2.68. The maximum atomic E-state index is 13.4. The molecule has 2 aliphatic heterocycles. The number of H-pyrrole nitrogens is 1. The van der Waals surface area contributed by atoms with Crippen LogP contribution in [-0.4, -0.2) is 63.9 Å². The van der Waals surface area contributed by atoms with Gasteiger partial charge in [-0.2, -0.15) is 0 Å². The number of hydrogen-bond donors (Lipinski definition) is 3. The highest BCUT2D eigenvalue weighted by Gasteiger charge is 2.69. The molecular weight excluding hydrogens is 508 g/mol. The number of aliphatic carboxylic acids is 1. The molecular formula is C24H24N2O8S2. The van der Waals surface area contributed by atoms with Crippen LogP contribution in [0.2, 0.25) is 0 Å². The van der Waals surface area contributed by atoms with E-state index in [1.165, 1.54) is 14.2 Å². The molecule has 4 aliphatic rings. The number of benzene rings is 1. The molecule has 2 aliphatic carbocycles. The molecule has 0 unspecified atom stereocenters. The van der Waals surface area contributed by atoms with Crippen molar-refractivity contribution < 1.29 is 34.1 Å². The first-order valence-electron chi connectivity index (χ1n) is 11.7.